The highest BCUT2D eigenvalue weighted by molar-refractivity contribution is 5.94. The van der Waals surface area contributed by atoms with Gasteiger partial charge in [-0.25, -0.2) is 0 Å². The summed E-state index contributed by atoms with van der Waals surface area (Å²) >= 11 is 0. The van der Waals surface area contributed by atoms with Crippen molar-refractivity contribution in [2.45, 2.75) is 38.8 Å². The number of amides is 1. The molecule has 0 spiro atoms. The van der Waals surface area contributed by atoms with Gasteiger partial charge in [0.15, 0.2) is 0 Å². The van der Waals surface area contributed by atoms with Crippen LogP contribution in [-0.2, 0) is 11.3 Å². The number of piperidine rings is 1. The molecule has 116 valence electrons. The number of nitrogens with one attached hydrogen (secondary N) is 1. The SMILES string of the molecule is COC[C@@H](C)NC(=O)c1ccc(CN2CCCCC2)cc1. The predicted molar refractivity (Wildman–Crippen MR) is 84.4 cm³/mol. The van der Waals surface area contributed by atoms with Crippen molar-refractivity contribution in [3.8, 4) is 0 Å². The first-order chi connectivity index (χ1) is 10.2. The fourth-order valence-corrected chi connectivity index (χ4v) is 2.74. The predicted octanol–water partition coefficient (Wildman–Crippen LogP) is 2.44. The Bertz CT molecular complexity index is 439. The lowest BCUT2D eigenvalue weighted by Crippen LogP contribution is -2.35. The summed E-state index contributed by atoms with van der Waals surface area (Å²) in [5.74, 6) is -0.0379. The summed E-state index contributed by atoms with van der Waals surface area (Å²) in [5, 5.41) is 2.92. The highest BCUT2D eigenvalue weighted by atomic mass is 16.5. The third-order valence-corrected chi connectivity index (χ3v) is 3.87. The Morgan fingerprint density at radius 3 is 2.52 bits per heavy atom. The lowest BCUT2D eigenvalue weighted by Gasteiger charge is -2.26. The van der Waals surface area contributed by atoms with Crippen molar-refractivity contribution >= 4 is 5.91 Å². The average Bonchev–Trinajstić information content (AvgIpc) is 2.49. The van der Waals surface area contributed by atoms with Gasteiger partial charge in [0, 0.05) is 25.3 Å². The monoisotopic (exact) mass is 290 g/mol. The first kappa shape index (κ1) is 16.0. The molecule has 0 radical (unpaired) electrons. The van der Waals surface area contributed by atoms with Crippen molar-refractivity contribution in [3.63, 3.8) is 0 Å². The minimum absolute atomic E-state index is 0.0236. The van der Waals surface area contributed by atoms with Gasteiger partial charge in [-0.3, -0.25) is 9.69 Å². The van der Waals surface area contributed by atoms with Crippen LogP contribution in [0.4, 0.5) is 0 Å². The van der Waals surface area contributed by atoms with E-state index in [9.17, 15) is 4.79 Å². The Morgan fingerprint density at radius 2 is 1.90 bits per heavy atom. The van der Waals surface area contributed by atoms with E-state index in [-0.39, 0.29) is 11.9 Å². The number of hydrogen-bond donors (Lipinski definition) is 1. The van der Waals surface area contributed by atoms with E-state index in [1.807, 2.05) is 19.1 Å². The zero-order chi connectivity index (χ0) is 15.1. The number of benzene rings is 1. The molecule has 0 bridgehead atoms. The maximum Gasteiger partial charge on any atom is 0.251 e. The number of ether oxygens (including phenoxy) is 1. The Balaban J connectivity index is 1.87. The second-order valence-corrected chi connectivity index (χ2v) is 5.86. The number of carbonyl (C=O) groups is 1. The lowest BCUT2D eigenvalue weighted by molar-refractivity contribution is 0.0905. The molecule has 1 saturated heterocycles. The maximum atomic E-state index is 12.1. The summed E-state index contributed by atoms with van der Waals surface area (Å²) in [5.41, 5.74) is 1.98. The summed E-state index contributed by atoms with van der Waals surface area (Å²) in [6.07, 6.45) is 3.96. The third kappa shape index (κ3) is 5.14. The van der Waals surface area contributed by atoms with Crippen LogP contribution in [0.3, 0.4) is 0 Å². The van der Waals surface area contributed by atoms with Crippen molar-refractivity contribution in [1.29, 1.82) is 0 Å². The Kier molecular flexibility index (Phi) is 6.21. The highest BCUT2D eigenvalue weighted by Crippen LogP contribution is 2.13. The van der Waals surface area contributed by atoms with Crippen LogP contribution in [0.25, 0.3) is 0 Å². The summed E-state index contributed by atoms with van der Waals surface area (Å²) in [6.45, 7) is 5.83. The molecule has 1 amide bonds. The van der Waals surface area contributed by atoms with Gasteiger partial charge < -0.3 is 10.1 Å². The number of hydrogen-bond acceptors (Lipinski definition) is 3. The van der Waals surface area contributed by atoms with Crippen LogP contribution < -0.4 is 5.32 Å². The van der Waals surface area contributed by atoms with E-state index in [1.165, 1.54) is 37.9 Å². The van der Waals surface area contributed by atoms with E-state index in [4.69, 9.17) is 4.74 Å². The van der Waals surface area contributed by atoms with Crippen molar-refractivity contribution in [2.24, 2.45) is 0 Å². The van der Waals surface area contributed by atoms with E-state index in [0.717, 1.165) is 6.54 Å². The number of likely N-dealkylation sites (tertiary alicyclic amines) is 1. The quantitative estimate of drug-likeness (QED) is 0.875. The molecule has 0 aliphatic carbocycles. The third-order valence-electron chi connectivity index (χ3n) is 3.87. The molecule has 2 rings (SSSR count). The van der Waals surface area contributed by atoms with Gasteiger partial charge in [0.1, 0.15) is 0 Å². The minimum atomic E-state index is -0.0379. The molecule has 4 nitrogen and oxygen atoms in total. The molecule has 1 fully saturated rings. The fourth-order valence-electron chi connectivity index (χ4n) is 2.74. The van der Waals surface area contributed by atoms with Gasteiger partial charge in [-0.1, -0.05) is 18.6 Å². The van der Waals surface area contributed by atoms with Crippen LogP contribution in [0.15, 0.2) is 24.3 Å². The molecule has 4 heteroatoms. The molecule has 1 aliphatic heterocycles. The van der Waals surface area contributed by atoms with Gasteiger partial charge in [0.25, 0.3) is 5.91 Å². The summed E-state index contributed by atoms with van der Waals surface area (Å²) < 4.78 is 5.02. The molecule has 0 unspecified atom stereocenters. The zero-order valence-electron chi connectivity index (χ0n) is 13.1. The van der Waals surface area contributed by atoms with E-state index in [1.54, 1.807) is 7.11 Å². The van der Waals surface area contributed by atoms with Crippen LogP contribution >= 0.6 is 0 Å². The molecule has 0 saturated carbocycles. The van der Waals surface area contributed by atoms with Crippen molar-refractivity contribution in [3.05, 3.63) is 35.4 Å². The van der Waals surface area contributed by atoms with Crippen LogP contribution in [0, 0.1) is 0 Å². The van der Waals surface area contributed by atoms with Gasteiger partial charge >= 0.3 is 0 Å². The topological polar surface area (TPSA) is 41.6 Å². The van der Waals surface area contributed by atoms with Crippen molar-refractivity contribution < 1.29 is 9.53 Å². The first-order valence-electron chi connectivity index (χ1n) is 7.80. The molecular weight excluding hydrogens is 264 g/mol. The van der Waals surface area contributed by atoms with E-state index < -0.39 is 0 Å². The van der Waals surface area contributed by atoms with Crippen LogP contribution in [0.1, 0.15) is 42.1 Å². The van der Waals surface area contributed by atoms with Crippen molar-refractivity contribution in [1.82, 2.24) is 10.2 Å². The van der Waals surface area contributed by atoms with Gasteiger partial charge in [-0.15, -0.1) is 0 Å². The Labute approximate surface area is 127 Å². The van der Waals surface area contributed by atoms with E-state index in [0.29, 0.717) is 12.2 Å². The molecule has 0 aromatic heterocycles. The largest absolute Gasteiger partial charge is 0.383 e. The molecular formula is C17H26N2O2. The number of nitrogens with zero attached hydrogens (tertiary/aromatic N) is 1. The van der Waals surface area contributed by atoms with E-state index in [2.05, 4.69) is 22.3 Å². The Morgan fingerprint density at radius 1 is 1.24 bits per heavy atom. The normalized spacial score (nSPS) is 17.4. The molecule has 1 N–H and O–H groups in total. The summed E-state index contributed by atoms with van der Waals surface area (Å²) in [7, 11) is 1.64. The number of methoxy groups -OCH3 is 1. The van der Waals surface area contributed by atoms with Crippen LogP contribution in [-0.4, -0.2) is 43.7 Å². The van der Waals surface area contributed by atoms with Crippen molar-refractivity contribution in [2.75, 3.05) is 26.8 Å². The van der Waals surface area contributed by atoms with Gasteiger partial charge in [0.05, 0.1) is 6.61 Å². The van der Waals surface area contributed by atoms with Crippen LogP contribution in [0.5, 0.6) is 0 Å². The minimum Gasteiger partial charge on any atom is -0.383 e. The lowest BCUT2D eigenvalue weighted by atomic mass is 10.1. The van der Waals surface area contributed by atoms with E-state index >= 15 is 0 Å². The van der Waals surface area contributed by atoms with Gasteiger partial charge in [0.2, 0.25) is 0 Å². The molecule has 1 atom stereocenters. The molecule has 1 aliphatic rings. The van der Waals surface area contributed by atoms with Crippen LogP contribution in [0.2, 0.25) is 0 Å². The number of carbonyl (C=O) groups excluding carboxylic acids is 1. The summed E-state index contributed by atoms with van der Waals surface area (Å²) in [4.78, 5) is 14.5. The van der Waals surface area contributed by atoms with Gasteiger partial charge in [-0.2, -0.15) is 0 Å². The zero-order valence-corrected chi connectivity index (χ0v) is 13.1. The fraction of sp³-hybridized carbons (Fsp3) is 0.588. The molecule has 1 heterocycles. The maximum absolute atomic E-state index is 12.1. The average molecular weight is 290 g/mol. The molecule has 1 aromatic rings. The summed E-state index contributed by atoms with van der Waals surface area (Å²) in [6, 6.07) is 7.97. The molecule has 21 heavy (non-hydrogen) atoms. The Hall–Kier alpha value is -1.39. The second kappa shape index (κ2) is 8.15. The first-order valence-corrected chi connectivity index (χ1v) is 7.80. The highest BCUT2D eigenvalue weighted by Gasteiger charge is 2.12. The van der Waals surface area contributed by atoms with Gasteiger partial charge in [-0.05, 0) is 50.6 Å². The smallest absolute Gasteiger partial charge is 0.251 e. The standard InChI is InChI=1S/C17H26N2O2/c1-14(13-21-2)18-17(20)16-8-6-15(7-9-16)12-19-10-4-3-5-11-19/h6-9,14H,3-5,10-13H2,1-2H3,(H,18,20)/t14-/m1/s1. The second-order valence-electron chi connectivity index (χ2n) is 5.86. The number of rotatable bonds is 6. The molecule has 1 aromatic carbocycles.